The maximum absolute atomic E-state index is 11.8. The maximum atomic E-state index is 11.8. The highest BCUT2D eigenvalue weighted by Crippen LogP contribution is 2.10. The average Bonchev–Trinajstić information content (AvgIpc) is 2.74. The Morgan fingerprint density at radius 3 is 1.81 bits per heavy atom. The van der Waals surface area contributed by atoms with Crippen LogP contribution in [0.2, 0.25) is 0 Å². The number of aliphatic carboxylic acids is 1. The summed E-state index contributed by atoms with van der Waals surface area (Å²) in [6.07, 6.45) is 1.92. The first kappa shape index (κ1) is 30.3. The SMILES string of the molecule is CSC(CC(=O)O)C(=O)NCCC(=O)NCCOCCOCCOCCOCCC(C)=O. The van der Waals surface area contributed by atoms with E-state index in [1.54, 1.807) is 6.26 Å². The minimum atomic E-state index is -1.04. The molecule has 0 fully saturated rings. The van der Waals surface area contributed by atoms with Crippen LogP contribution < -0.4 is 10.6 Å². The number of Topliss-reactive ketones (excluding diaryl/α,β-unsaturated/α-hetero) is 1. The van der Waals surface area contributed by atoms with Crippen LogP contribution in [0.5, 0.6) is 0 Å². The number of hydrogen-bond donors (Lipinski definition) is 3. The second kappa shape index (κ2) is 21.1. The molecule has 12 heteroatoms. The highest BCUT2D eigenvalue weighted by atomic mass is 32.2. The van der Waals surface area contributed by atoms with E-state index in [0.29, 0.717) is 65.8 Å². The lowest BCUT2D eigenvalue weighted by atomic mass is 10.3. The van der Waals surface area contributed by atoms with Crippen LogP contribution in [0.4, 0.5) is 0 Å². The highest BCUT2D eigenvalue weighted by Gasteiger charge is 2.20. The van der Waals surface area contributed by atoms with E-state index in [2.05, 4.69) is 10.6 Å². The maximum Gasteiger partial charge on any atom is 0.305 e. The molecule has 0 spiro atoms. The number of hydrogen-bond acceptors (Lipinski definition) is 9. The first-order chi connectivity index (χ1) is 15.4. The minimum absolute atomic E-state index is 0.102. The van der Waals surface area contributed by atoms with Crippen LogP contribution in [0, 0.1) is 0 Å². The van der Waals surface area contributed by atoms with Crippen LogP contribution in [0.3, 0.4) is 0 Å². The lowest BCUT2D eigenvalue weighted by molar-refractivity contribution is -0.138. The van der Waals surface area contributed by atoms with Gasteiger partial charge in [0.05, 0.1) is 64.5 Å². The van der Waals surface area contributed by atoms with Crippen LogP contribution in [0.1, 0.15) is 26.2 Å². The Labute approximate surface area is 193 Å². The highest BCUT2D eigenvalue weighted by molar-refractivity contribution is 7.99. The molecule has 3 N–H and O–H groups in total. The Morgan fingerprint density at radius 2 is 1.31 bits per heavy atom. The molecule has 2 amide bonds. The molecule has 186 valence electrons. The average molecular weight is 481 g/mol. The molecule has 0 heterocycles. The summed E-state index contributed by atoms with van der Waals surface area (Å²) < 4.78 is 21.2. The number of carbonyl (C=O) groups excluding carboxylic acids is 3. The van der Waals surface area contributed by atoms with Gasteiger partial charge in [-0.2, -0.15) is 11.8 Å². The zero-order chi connectivity index (χ0) is 24.0. The van der Waals surface area contributed by atoms with Crippen LogP contribution in [0.25, 0.3) is 0 Å². The zero-order valence-corrected chi connectivity index (χ0v) is 19.7. The molecule has 0 aromatic carbocycles. The molecule has 0 aromatic rings. The Morgan fingerprint density at radius 1 is 0.781 bits per heavy atom. The van der Waals surface area contributed by atoms with E-state index < -0.39 is 11.2 Å². The van der Waals surface area contributed by atoms with Gasteiger partial charge in [-0.1, -0.05) is 0 Å². The summed E-state index contributed by atoms with van der Waals surface area (Å²) in [5.41, 5.74) is 0. The van der Waals surface area contributed by atoms with Gasteiger partial charge in [0.1, 0.15) is 5.78 Å². The fraction of sp³-hybridized carbons (Fsp3) is 0.800. The van der Waals surface area contributed by atoms with Crippen molar-refractivity contribution >= 4 is 35.3 Å². The molecule has 1 atom stereocenters. The standard InChI is InChI=1S/C20H36N2O9S/c1-16(23)4-7-28-9-11-30-13-14-31-12-10-29-8-6-21-18(24)3-5-22-20(27)17(32-2)15-19(25)26/h17H,3-15H2,1-2H3,(H,21,24)(H,22,27)(H,25,26). The molecular formula is C20H36N2O9S. The summed E-state index contributed by atoms with van der Waals surface area (Å²) >= 11 is 1.16. The van der Waals surface area contributed by atoms with Crippen LogP contribution in [0.15, 0.2) is 0 Å². The first-order valence-corrected chi connectivity index (χ1v) is 11.7. The number of thioether (sulfide) groups is 1. The molecule has 32 heavy (non-hydrogen) atoms. The van der Waals surface area contributed by atoms with Gasteiger partial charge in [-0.05, 0) is 13.2 Å². The van der Waals surface area contributed by atoms with Crippen LogP contribution >= 0.6 is 11.8 Å². The van der Waals surface area contributed by atoms with E-state index >= 15 is 0 Å². The van der Waals surface area contributed by atoms with E-state index in [4.69, 9.17) is 24.1 Å². The van der Waals surface area contributed by atoms with Crippen molar-refractivity contribution in [2.75, 3.05) is 72.2 Å². The molecule has 0 bridgehead atoms. The number of carboxylic acid groups (broad SMARTS) is 1. The fourth-order valence-corrected chi connectivity index (χ4v) is 2.79. The molecule has 0 rings (SSSR count). The number of ether oxygens (including phenoxy) is 4. The van der Waals surface area contributed by atoms with Crippen molar-refractivity contribution in [2.24, 2.45) is 0 Å². The number of amides is 2. The summed E-state index contributed by atoms with van der Waals surface area (Å²) in [4.78, 5) is 44.9. The number of rotatable bonds is 22. The third kappa shape index (κ3) is 20.2. The third-order valence-corrected chi connectivity index (χ3v) is 4.82. The van der Waals surface area contributed by atoms with Gasteiger partial charge in [-0.15, -0.1) is 0 Å². The summed E-state index contributed by atoms with van der Waals surface area (Å²) in [5.74, 6) is -1.56. The number of carbonyl (C=O) groups is 4. The minimum Gasteiger partial charge on any atom is -0.481 e. The molecule has 11 nitrogen and oxygen atoms in total. The molecule has 0 aliphatic heterocycles. The number of carboxylic acids is 1. The van der Waals surface area contributed by atoms with Crippen molar-refractivity contribution in [3.63, 3.8) is 0 Å². The van der Waals surface area contributed by atoms with Crippen LogP contribution in [-0.2, 0) is 38.1 Å². The zero-order valence-electron chi connectivity index (χ0n) is 18.9. The molecule has 0 aromatic heterocycles. The van der Waals surface area contributed by atoms with E-state index in [9.17, 15) is 19.2 Å². The summed E-state index contributed by atoms with van der Waals surface area (Å²) in [7, 11) is 0. The van der Waals surface area contributed by atoms with Crippen molar-refractivity contribution in [3.05, 3.63) is 0 Å². The van der Waals surface area contributed by atoms with Gasteiger partial charge in [0.15, 0.2) is 0 Å². The Bertz CT molecular complexity index is 549. The Balaban J connectivity index is 3.41. The van der Waals surface area contributed by atoms with Gasteiger partial charge >= 0.3 is 5.97 Å². The van der Waals surface area contributed by atoms with Crippen LogP contribution in [-0.4, -0.2) is 106 Å². The largest absolute Gasteiger partial charge is 0.481 e. The normalized spacial score (nSPS) is 11.7. The smallest absolute Gasteiger partial charge is 0.305 e. The Hall–Kier alpha value is -1.73. The molecule has 0 radical (unpaired) electrons. The molecular weight excluding hydrogens is 444 g/mol. The van der Waals surface area contributed by atoms with E-state index in [1.165, 1.54) is 6.92 Å². The van der Waals surface area contributed by atoms with Crippen molar-refractivity contribution in [1.29, 1.82) is 0 Å². The third-order valence-electron chi connectivity index (χ3n) is 3.87. The lowest BCUT2D eigenvalue weighted by Crippen LogP contribution is -2.37. The molecule has 1 unspecified atom stereocenters. The molecule has 0 aliphatic carbocycles. The summed E-state index contributed by atoms with van der Waals surface area (Å²) in [6.45, 7) is 5.31. The number of nitrogens with one attached hydrogen (secondary N) is 2. The van der Waals surface area contributed by atoms with Gasteiger partial charge in [-0.25, -0.2) is 0 Å². The predicted molar refractivity (Wildman–Crippen MR) is 119 cm³/mol. The topological polar surface area (TPSA) is 149 Å². The van der Waals surface area contributed by atoms with Gasteiger partial charge in [0.25, 0.3) is 0 Å². The monoisotopic (exact) mass is 480 g/mol. The summed E-state index contributed by atoms with van der Waals surface area (Å²) in [5, 5.41) is 13.3. The second-order valence-electron chi connectivity index (χ2n) is 6.61. The molecule has 0 saturated heterocycles. The Kier molecular flexibility index (Phi) is 20.0. The summed E-state index contributed by atoms with van der Waals surface area (Å²) in [6, 6.07) is 0. The lowest BCUT2D eigenvalue weighted by Gasteiger charge is -2.12. The van der Waals surface area contributed by atoms with Crippen molar-refractivity contribution < 1.29 is 43.2 Å². The van der Waals surface area contributed by atoms with Crippen molar-refractivity contribution in [3.8, 4) is 0 Å². The molecule has 0 aliphatic rings. The fourth-order valence-electron chi connectivity index (χ4n) is 2.18. The van der Waals surface area contributed by atoms with Gasteiger partial charge in [0.2, 0.25) is 11.8 Å². The predicted octanol–water partition coefficient (Wildman–Crippen LogP) is -0.139. The van der Waals surface area contributed by atoms with Crippen molar-refractivity contribution in [2.45, 2.75) is 31.4 Å². The van der Waals surface area contributed by atoms with E-state index in [0.717, 1.165) is 11.8 Å². The van der Waals surface area contributed by atoms with E-state index in [-0.39, 0.29) is 37.0 Å². The van der Waals surface area contributed by atoms with Gasteiger partial charge in [0, 0.05) is 25.9 Å². The number of ketones is 1. The molecule has 0 saturated carbocycles. The second-order valence-corrected chi connectivity index (χ2v) is 7.66. The van der Waals surface area contributed by atoms with E-state index in [1.807, 2.05) is 0 Å². The van der Waals surface area contributed by atoms with Gasteiger partial charge < -0.3 is 34.7 Å². The first-order valence-electron chi connectivity index (χ1n) is 10.5. The quantitative estimate of drug-likeness (QED) is 0.179. The van der Waals surface area contributed by atoms with Gasteiger partial charge in [-0.3, -0.25) is 19.2 Å². The van der Waals surface area contributed by atoms with Crippen molar-refractivity contribution in [1.82, 2.24) is 10.6 Å².